The van der Waals surface area contributed by atoms with E-state index in [4.69, 9.17) is 0 Å². The predicted molar refractivity (Wildman–Crippen MR) is 79.2 cm³/mol. The van der Waals surface area contributed by atoms with Crippen molar-refractivity contribution in [3.05, 3.63) is 46.2 Å². The van der Waals surface area contributed by atoms with Gasteiger partial charge in [-0.3, -0.25) is 15.1 Å². The number of hydrogen-bond acceptors (Lipinski definition) is 4. The molecule has 3 rings (SSSR count). The topological polar surface area (TPSA) is 58.7 Å². The van der Waals surface area contributed by atoms with Crippen molar-refractivity contribution in [2.24, 2.45) is 10.9 Å². The van der Waals surface area contributed by atoms with Crippen LogP contribution in [0, 0.1) is 16.0 Å². The van der Waals surface area contributed by atoms with Crippen LogP contribution in [-0.2, 0) is 0 Å². The van der Waals surface area contributed by atoms with Gasteiger partial charge in [-0.25, -0.2) is 0 Å². The Bertz CT molecular complexity index is 555. The number of anilines is 1. The number of aliphatic imine (C=N–C) groups is 1. The molecule has 1 saturated heterocycles. The fourth-order valence-electron chi connectivity index (χ4n) is 2.92. The first-order valence-electron chi connectivity index (χ1n) is 6.94. The fraction of sp³-hybridized carbons (Fsp3) is 0.400. The Morgan fingerprint density at radius 1 is 1.20 bits per heavy atom. The molecule has 1 fully saturated rings. The van der Waals surface area contributed by atoms with Crippen molar-refractivity contribution in [1.29, 1.82) is 0 Å². The van der Waals surface area contributed by atoms with Gasteiger partial charge in [0.05, 0.1) is 4.92 Å². The van der Waals surface area contributed by atoms with Crippen molar-refractivity contribution < 1.29 is 4.92 Å². The summed E-state index contributed by atoms with van der Waals surface area (Å²) in [4.78, 5) is 16.8. The first-order valence-corrected chi connectivity index (χ1v) is 6.94. The Morgan fingerprint density at radius 2 is 1.90 bits per heavy atom. The summed E-state index contributed by atoms with van der Waals surface area (Å²) in [6, 6.07) is 6.84. The molecule has 0 unspecified atom stereocenters. The van der Waals surface area contributed by atoms with Crippen molar-refractivity contribution in [3.8, 4) is 0 Å². The normalized spacial score (nSPS) is 19.2. The Labute approximate surface area is 117 Å². The second-order valence-electron chi connectivity index (χ2n) is 5.27. The van der Waals surface area contributed by atoms with E-state index in [0.29, 0.717) is 5.92 Å². The Hall–Kier alpha value is -2.17. The minimum Gasteiger partial charge on any atom is -0.371 e. The zero-order chi connectivity index (χ0) is 13.9. The van der Waals surface area contributed by atoms with Crippen LogP contribution in [0.25, 0.3) is 0 Å². The molecule has 1 aromatic carbocycles. The molecule has 0 atom stereocenters. The molecule has 0 aromatic heterocycles. The highest BCUT2D eigenvalue weighted by Crippen LogP contribution is 2.30. The smallest absolute Gasteiger partial charge is 0.269 e. The summed E-state index contributed by atoms with van der Waals surface area (Å²) < 4.78 is 0. The van der Waals surface area contributed by atoms with E-state index >= 15 is 0 Å². The number of hydrogen-bond donors (Lipinski definition) is 0. The molecule has 2 aliphatic rings. The van der Waals surface area contributed by atoms with Crippen LogP contribution in [-0.4, -0.2) is 24.2 Å². The lowest BCUT2D eigenvalue weighted by molar-refractivity contribution is -0.384. The minimum absolute atomic E-state index is 0.150. The molecular formula is C15H17N3O2. The number of piperidine rings is 1. The van der Waals surface area contributed by atoms with Gasteiger partial charge < -0.3 is 4.90 Å². The van der Waals surface area contributed by atoms with E-state index in [1.807, 2.05) is 24.5 Å². The third-order valence-electron chi connectivity index (χ3n) is 4.12. The molecule has 2 heterocycles. The van der Waals surface area contributed by atoms with Gasteiger partial charge in [-0.1, -0.05) is 0 Å². The summed E-state index contributed by atoms with van der Waals surface area (Å²) in [5.41, 5.74) is 2.68. The summed E-state index contributed by atoms with van der Waals surface area (Å²) in [5.74, 6) is 0.645. The zero-order valence-corrected chi connectivity index (χ0v) is 11.2. The summed E-state index contributed by atoms with van der Waals surface area (Å²) in [6.45, 7) is 2.00. The molecule has 0 amide bonds. The fourth-order valence-corrected chi connectivity index (χ4v) is 2.92. The molecular weight excluding hydrogens is 254 g/mol. The Morgan fingerprint density at radius 3 is 2.45 bits per heavy atom. The molecule has 0 bridgehead atoms. The molecule has 104 valence electrons. The minimum atomic E-state index is -0.359. The van der Waals surface area contributed by atoms with Gasteiger partial charge in [0.25, 0.3) is 5.69 Å². The highest BCUT2D eigenvalue weighted by molar-refractivity contribution is 5.65. The highest BCUT2D eigenvalue weighted by atomic mass is 16.6. The Kier molecular flexibility index (Phi) is 3.50. The highest BCUT2D eigenvalue weighted by Gasteiger charge is 2.23. The lowest BCUT2D eigenvalue weighted by atomic mass is 9.88. The maximum atomic E-state index is 10.7. The van der Waals surface area contributed by atoms with E-state index in [1.165, 1.54) is 5.57 Å². The SMILES string of the molecule is O=[N+]([O-])c1ccc(N2CCC(C3=CN=CC3)CC2)cc1. The van der Waals surface area contributed by atoms with Crippen molar-refractivity contribution in [2.75, 3.05) is 18.0 Å². The average molecular weight is 271 g/mol. The zero-order valence-electron chi connectivity index (χ0n) is 11.2. The summed E-state index contributed by atoms with van der Waals surface area (Å²) in [6.07, 6.45) is 7.24. The van der Waals surface area contributed by atoms with Gasteiger partial charge >= 0.3 is 0 Å². The van der Waals surface area contributed by atoms with Crippen molar-refractivity contribution in [1.82, 2.24) is 0 Å². The van der Waals surface area contributed by atoms with E-state index in [0.717, 1.165) is 38.0 Å². The van der Waals surface area contributed by atoms with E-state index in [-0.39, 0.29) is 10.6 Å². The monoisotopic (exact) mass is 271 g/mol. The van der Waals surface area contributed by atoms with E-state index < -0.39 is 0 Å². The van der Waals surface area contributed by atoms with Gasteiger partial charge in [0, 0.05) is 49.7 Å². The first-order chi connectivity index (χ1) is 9.74. The van der Waals surface area contributed by atoms with Crippen LogP contribution >= 0.6 is 0 Å². The van der Waals surface area contributed by atoms with Crippen LogP contribution < -0.4 is 4.90 Å². The van der Waals surface area contributed by atoms with E-state index in [2.05, 4.69) is 9.89 Å². The van der Waals surface area contributed by atoms with Gasteiger partial charge in [-0.05, 0) is 36.5 Å². The van der Waals surface area contributed by atoms with E-state index in [1.54, 1.807) is 12.1 Å². The van der Waals surface area contributed by atoms with Crippen molar-refractivity contribution >= 4 is 17.6 Å². The van der Waals surface area contributed by atoms with Crippen LogP contribution in [0.2, 0.25) is 0 Å². The average Bonchev–Trinajstić information content (AvgIpc) is 3.02. The molecule has 5 nitrogen and oxygen atoms in total. The second kappa shape index (κ2) is 5.45. The number of nitro groups is 1. The first kappa shape index (κ1) is 12.8. The number of non-ortho nitro benzene ring substituents is 1. The molecule has 0 saturated carbocycles. The largest absolute Gasteiger partial charge is 0.371 e. The van der Waals surface area contributed by atoms with Crippen LogP contribution in [0.4, 0.5) is 11.4 Å². The van der Waals surface area contributed by atoms with E-state index in [9.17, 15) is 10.1 Å². The molecule has 1 aromatic rings. The lowest BCUT2D eigenvalue weighted by Gasteiger charge is -2.34. The maximum absolute atomic E-state index is 10.7. The standard InChI is InChI=1S/C15H17N3O2/c19-18(20)15-3-1-14(2-4-15)17-9-6-12(7-10-17)13-5-8-16-11-13/h1-4,8,11-12H,5-7,9-10H2. The Balaban J connectivity index is 1.61. The quantitative estimate of drug-likeness (QED) is 0.626. The number of benzene rings is 1. The molecule has 0 aliphatic carbocycles. The van der Waals surface area contributed by atoms with Gasteiger partial charge in [0.15, 0.2) is 0 Å². The van der Waals surface area contributed by atoms with Gasteiger partial charge in [-0.2, -0.15) is 0 Å². The lowest BCUT2D eigenvalue weighted by Crippen LogP contribution is -2.34. The predicted octanol–water partition coefficient (Wildman–Crippen LogP) is 3.17. The second-order valence-corrected chi connectivity index (χ2v) is 5.27. The summed E-state index contributed by atoms with van der Waals surface area (Å²) in [5, 5.41) is 10.7. The van der Waals surface area contributed by atoms with Gasteiger partial charge in [0.2, 0.25) is 0 Å². The third kappa shape index (κ3) is 2.57. The third-order valence-corrected chi connectivity index (χ3v) is 4.12. The van der Waals surface area contributed by atoms with Gasteiger partial charge in [0.1, 0.15) is 0 Å². The molecule has 0 N–H and O–H groups in total. The number of allylic oxidation sites excluding steroid dienone is 1. The molecule has 0 radical (unpaired) electrons. The summed E-state index contributed by atoms with van der Waals surface area (Å²) in [7, 11) is 0. The molecule has 0 spiro atoms. The molecule has 20 heavy (non-hydrogen) atoms. The van der Waals surface area contributed by atoms with Crippen molar-refractivity contribution in [2.45, 2.75) is 19.3 Å². The summed E-state index contributed by atoms with van der Waals surface area (Å²) >= 11 is 0. The van der Waals surface area contributed by atoms with Crippen LogP contribution in [0.3, 0.4) is 0 Å². The van der Waals surface area contributed by atoms with Crippen LogP contribution in [0.5, 0.6) is 0 Å². The van der Waals surface area contributed by atoms with Crippen LogP contribution in [0.1, 0.15) is 19.3 Å². The number of nitro benzene ring substituents is 1. The number of rotatable bonds is 3. The van der Waals surface area contributed by atoms with Gasteiger partial charge in [-0.15, -0.1) is 0 Å². The molecule has 2 aliphatic heterocycles. The van der Waals surface area contributed by atoms with Crippen molar-refractivity contribution in [3.63, 3.8) is 0 Å². The number of nitrogens with zero attached hydrogens (tertiary/aromatic N) is 3. The maximum Gasteiger partial charge on any atom is 0.269 e. The molecule has 5 heteroatoms. The van der Waals surface area contributed by atoms with Crippen LogP contribution in [0.15, 0.2) is 41.0 Å².